The number of benzene rings is 3. The summed E-state index contributed by atoms with van der Waals surface area (Å²) < 4.78 is 12.1. The van der Waals surface area contributed by atoms with Crippen LogP contribution in [0.3, 0.4) is 0 Å². The second kappa shape index (κ2) is 9.94. The van der Waals surface area contributed by atoms with Crippen molar-refractivity contribution in [3.05, 3.63) is 94.0 Å². The molecule has 0 unspecified atom stereocenters. The molecule has 5 rings (SSSR count). The summed E-state index contributed by atoms with van der Waals surface area (Å²) in [5.41, 5.74) is 1.89. The first-order chi connectivity index (χ1) is 17.1. The van der Waals surface area contributed by atoms with Crippen LogP contribution in [0.5, 0.6) is 11.5 Å². The molecule has 0 fully saturated rings. The summed E-state index contributed by atoms with van der Waals surface area (Å²) in [6, 6.07) is 22.9. The van der Waals surface area contributed by atoms with Crippen LogP contribution in [0.1, 0.15) is 24.3 Å². The lowest BCUT2D eigenvalue weighted by Crippen LogP contribution is -2.32. The first kappa shape index (κ1) is 23.1. The molecule has 2 heterocycles. The van der Waals surface area contributed by atoms with E-state index in [1.165, 1.54) is 11.3 Å². The largest absolute Gasteiger partial charge is 0.494 e. The quantitative estimate of drug-likeness (QED) is 0.251. The molecular weight excluding hydrogens is 480 g/mol. The van der Waals surface area contributed by atoms with Gasteiger partial charge in [0.1, 0.15) is 17.2 Å². The number of carbonyl (C=O) groups is 1. The van der Waals surface area contributed by atoms with Gasteiger partial charge < -0.3 is 9.47 Å². The number of thiophene rings is 1. The SMILES string of the molecule is CCOc1ccc(/C=C2/N=C(c3sc4ccccc4c3Cl)N(c3ccc(OCC)cc3)C2=O)cc1. The van der Waals surface area contributed by atoms with E-state index in [-0.39, 0.29) is 5.91 Å². The van der Waals surface area contributed by atoms with E-state index in [0.717, 1.165) is 32.0 Å². The fourth-order valence-corrected chi connectivity index (χ4v) is 5.40. The van der Waals surface area contributed by atoms with Gasteiger partial charge in [-0.1, -0.05) is 41.9 Å². The van der Waals surface area contributed by atoms with Crippen molar-refractivity contribution in [1.82, 2.24) is 0 Å². The second-order valence-corrected chi connectivity index (χ2v) is 9.21. The van der Waals surface area contributed by atoms with Crippen molar-refractivity contribution in [1.29, 1.82) is 0 Å². The Hall–Kier alpha value is -3.61. The molecule has 1 amide bonds. The van der Waals surface area contributed by atoms with Crippen molar-refractivity contribution >= 4 is 56.5 Å². The minimum atomic E-state index is -0.216. The number of halogens is 1. The highest BCUT2D eigenvalue weighted by Crippen LogP contribution is 2.39. The van der Waals surface area contributed by atoms with Crippen LogP contribution in [-0.4, -0.2) is 25.0 Å². The number of anilines is 1. The van der Waals surface area contributed by atoms with Gasteiger partial charge in [-0.3, -0.25) is 9.69 Å². The number of hydrogen-bond donors (Lipinski definition) is 0. The maximum absolute atomic E-state index is 13.6. The summed E-state index contributed by atoms with van der Waals surface area (Å²) in [7, 11) is 0. The zero-order valence-electron chi connectivity index (χ0n) is 19.3. The van der Waals surface area contributed by atoms with Crippen LogP contribution >= 0.6 is 22.9 Å². The number of ether oxygens (including phenoxy) is 2. The Morgan fingerprint density at radius 3 is 2.17 bits per heavy atom. The van der Waals surface area contributed by atoms with Crippen LogP contribution in [-0.2, 0) is 4.79 Å². The van der Waals surface area contributed by atoms with E-state index < -0.39 is 0 Å². The Balaban J connectivity index is 1.59. The van der Waals surface area contributed by atoms with Gasteiger partial charge in [0.2, 0.25) is 0 Å². The van der Waals surface area contributed by atoms with Gasteiger partial charge in [-0.25, -0.2) is 4.99 Å². The predicted molar refractivity (Wildman–Crippen MR) is 144 cm³/mol. The summed E-state index contributed by atoms with van der Waals surface area (Å²) in [6.45, 7) is 5.04. The van der Waals surface area contributed by atoms with Crippen molar-refractivity contribution in [2.45, 2.75) is 13.8 Å². The maximum Gasteiger partial charge on any atom is 0.282 e. The zero-order chi connectivity index (χ0) is 24.4. The van der Waals surface area contributed by atoms with Gasteiger partial charge in [-0.05, 0) is 68.0 Å². The summed E-state index contributed by atoms with van der Waals surface area (Å²) in [6.07, 6.45) is 1.79. The van der Waals surface area contributed by atoms with Gasteiger partial charge in [0.15, 0.2) is 5.84 Å². The second-order valence-electron chi connectivity index (χ2n) is 7.78. The monoisotopic (exact) mass is 502 g/mol. The Morgan fingerprint density at radius 2 is 1.54 bits per heavy atom. The minimum absolute atomic E-state index is 0.216. The Kier molecular flexibility index (Phi) is 6.57. The lowest BCUT2D eigenvalue weighted by molar-refractivity contribution is -0.113. The average molecular weight is 503 g/mol. The molecule has 0 saturated heterocycles. The van der Waals surface area contributed by atoms with Crippen molar-refractivity contribution in [3.8, 4) is 11.5 Å². The molecule has 3 aromatic carbocycles. The highest BCUT2D eigenvalue weighted by atomic mass is 35.5. The smallest absolute Gasteiger partial charge is 0.282 e. The molecule has 1 aromatic heterocycles. The highest BCUT2D eigenvalue weighted by Gasteiger charge is 2.35. The lowest BCUT2D eigenvalue weighted by atomic mass is 10.2. The topological polar surface area (TPSA) is 51.1 Å². The summed E-state index contributed by atoms with van der Waals surface area (Å²) in [5.74, 6) is 1.82. The van der Waals surface area contributed by atoms with Crippen molar-refractivity contribution in [2.75, 3.05) is 18.1 Å². The highest BCUT2D eigenvalue weighted by molar-refractivity contribution is 7.21. The van der Waals surface area contributed by atoms with Crippen LogP contribution in [0, 0.1) is 0 Å². The first-order valence-electron chi connectivity index (χ1n) is 11.4. The Bertz CT molecular complexity index is 1440. The van der Waals surface area contributed by atoms with E-state index in [1.807, 2.05) is 86.6 Å². The van der Waals surface area contributed by atoms with E-state index in [9.17, 15) is 4.79 Å². The van der Waals surface area contributed by atoms with Crippen LogP contribution < -0.4 is 14.4 Å². The summed E-state index contributed by atoms with van der Waals surface area (Å²) in [4.78, 5) is 20.8. The van der Waals surface area contributed by atoms with E-state index in [1.54, 1.807) is 11.0 Å². The molecule has 35 heavy (non-hydrogen) atoms. The number of aliphatic imine (C=N–C) groups is 1. The number of amides is 1. The standard InChI is InChI=1S/C28H23ClN2O3S/c1-3-33-20-13-9-18(10-14-20)17-23-28(32)31(19-11-15-21(16-12-19)34-4-2)27(30-23)26-25(29)22-7-5-6-8-24(22)35-26/h5-17H,3-4H2,1-2H3/b23-17+. The number of carbonyl (C=O) groups excluding carboxylic acids is 1. The predicted octanol–water partition coefficient (Wildman–Crippen LogP) is 7.19. The third-order valence-electron chi connectivity index (χ3n) is 5.50. The first-order valence-corrected chi connectivity index (χ1v) is 12.6. The maximum atomic E-state index is 13.6. The molecule has 0 atom stereocenters. The van der Waals surface area contributed by atoms with Gasteiger partial charge in [-0.15, -0.1) is 11.3 Å². The van der Waals surface area contributed by atoms with Crippen molar-refractivity contribution in [3.63, 3.8) is 0 Å². The molecule has 0 aliphatic carbocycles. The number of hydrogen-bond acceptors (Lipinski definition) is 5. The Labute approximate surface area is 212 Å². The molecule has 0 saturated carbocycles. The molecule has 176 valence electrons. The molecule has 0 N–H and O–H groups in total. The van der Waals surface area contributed by atoms with Gasteiger partial charge in [-0.2, -0.15) is 0 Å². The Morgan fingerprint density at radius 1 is 0.914 bits per heavy atom. The van der Waals surface area contributed by atoms with Crippen LogP contribution in [0.15, 0.2) is 83.5 Å². The molecule has 5 nitrogen and oxygen atoms in total. The van der Waals surface area contributed by atoms with E-state index in [0.29, 0.717) is 35.5 Å². The number of nitrogens with zero attached hydrogens (tertiary/aromatic N) is 2. The summed E-state index contributed by atoms with van der Waals surface area (Å²) >= 11 is 8.32. The summed E-state index contributed by atoms with van der Waals surface area (Å²) in [5, 5.41) is 1.54. The normalized spacial score (nSPS) is 14.6. The van der Waals surface area contributed by atoms with E-state index in [2.05, 4.69) is 0 Å². The minimum Gasteiger partial charge on any atom is -0.494 e. The van der Waals surface area contributed by atoms with E-state index >= 15 is 0 Å². The third kappa shape index (κ3) is 4.55. The fourth-order valence-electron chi connectivity index (χ4n) is 3.91. The fraction of sp³-hybridized carbons (Fsp3) is 0.143. The van der Waals surface area contributed by atoms with Gasteiger partial charge in [0.05, 0.1) is 28.8 Å². The molecule has 0 radical (unpaired) electrons. The van der Waals surface area contributed by atoms with Crippen LogP contribution in [0.25, 0.3) is 16.2 Å². The average Bonchev–Trinajstić information content (AvgIpc) is 3.38. The number of fused-ring (bicyclic) bond motifs is 1. The molecule has 4 aromatic rings. The van der Waals surface area contributed by atoms with Crippen molar-refractivity contribution < 1.29 is 14.3 Å². The molecule has 1 aliphatic rings. The molecule has 0 bridgehead atoms. The lowest BCUT2D eigenvalue weighted by Gasteiger charge is -2.18. The molecule has 0 spiro atoms. The van der Waals surface area contributed by atoms with Crippen LogP contribution in [0.2, 0.25) is 5.02 Å². The number of amidine groups is 1. The molecular formula is C28H23ClN2O3S. The van der Waals surface area contributed by atoms with Gasteiger partial charge in [0, 0.05) is 10.1 Å². The third-order valence-corrected chi connectivity index (χ3v) is 7.17. The van der Waals surface area contributed by atoms with Gasteiger partial charge in [0.25, 0.3) is 5.91 Å². The molecule has 1 aliphatic heterocycles. The number of rotatable bonds is 7. The van der Waals surface area contributed by atoms with E-state index in [4.69, 9.17) is 26.1 Å². The van der Waals surface area contributed by atoms with Crippen molar-refractivity contribution in [2.24, 2.45) is 4.99 Å². The van der Waals surface area contributed by atoms with Crippen LogP contribution in [0.4, 0.5) is 5.69 Å². The van der Waals surface area contributed by atoms with Gasteiger partial charge >= 0.3 is 0 Å². The molecule has 7 heteroatoms. The zero-order valence-corrected chi connectivity index (χ0v) is 20.9.